The van der Waals surface area contributed by atoms with Crippen molar-refractivity contribution in [1.82, 2.24) is 0 Å². The second kappa shape index (κ2) is 4.04. The van der Waals surface area contributed by atoms with Gasteiger partial charge in [0.25, 0.3) is 0 Å². The molecule has 0 aromatic heterocycles. The summed E-state index contributed by atoms with van der Waals surface area (Å²) < 4.78 is 0. The minimum absolute atomic E-state index is 1.04. The molecule has 0 amide bonds. The van der Waals surface area contributed by atoms with Gasteiger partial charge in [0, 0.05) is 10.5 Å². The first-order valence-corrected chi connectivity index (χ1v) is 6.50. The molecule has 1 saturated carbocycles. The summed E-state index contributed by atoms with van der Waals surface area (Å²) in [6.07, 6.45) is 10.5. The van der Waals surface area contributed by atoms with E-state index >= 15 is 0 Å². The summed E-state index contributed by atoms with van der Waals surface area (Å²) in [5.41, 5.74) is 0. The SMILES string of the molecule is CCCC1SC2CCCCC1C2. The third kappa shape index (κ3) is 1.81. The molecule has 3 unspecified atom stereocenters. The Hall–Kier alpha value is 0.350. The maximum Gasteiger partial charge on any atom is 0.00784 e. The van der Waals surface area contributed by atoms with Crippen molar-refractivity contribution in [2.75, 3.05) is 0 Å². The molecule has 1 aliphatic carbocycles. The minimum Gasteiger partial charge on any atom is -0.155 e. The Morgan fingerprint density at radius 2 is 2.08 bits per heavy atom. The molecule has 1 heteroatoms. The molecule has 2 bridgehead atoms. The minimum atomic E-state index is 1.04. The van der Waals surface area contributed by atoms with Gasteiger partial charge in [0.2, 0.25) is 0 Å². The van der Waals surface area contributed by atoms with Crippen LogP contribution in [0.25, 0.3) is 0 Å². The fraction of sp³-hybridized carbons (Fsp3) is 1.00. The quantitative estimate of drug-likeness (QED) is 0.628. The largest absolute Gasteiger partial charge is 0.155 e. The van der Waals surface area contributed by atoms with Gasteiger partial charge in [-0.3, -0.25) is 0 Å². The second-order valence-electron chi connectivity index (χ2n) is 4.37. The molecule has 2 fully saturated rings. The molecule has 0 spiro atoms. The van der Waals surface area contributed by atoms with Crippen molar-refractivity contribution in [3.8, 4) is 0 Å². The Balaban J connectivity index is 1.93. The van der Waals surface area contributed by atoms with Gasteiger partial charge < -0.3 is 0 Å². The van der Waals surface area contributed by atoms with Crippen LogP contribution >= 0.6 is 11.8 Å². The van der Waals surface area contributed by atoms with E-state index in [2.05, 4.69) is 18.7 Å². The second-order valence-corrected chi connectivity index (χ2v) is 5.91. The van der Waals surface area contributed by atoms with Crippen LogP contribution in [-0.2, 0) is 0 Å². The number of hydrogen-bond acceptors (Lipinski definition) is 1. The lowest BCUT2D eigenvalue weighted by atomic mass is 9.94. The van der Waals surface area contributed by atoms with Gasteiger partial charge >= 0.3 is 0 Å². The molecule has 3 atom stereocenters. The van der Waals surface area contributed by atoms with Crippen molar-refractivity contribution < 1.29 is 0 Å². The smallest absolute Gasteiger partial charge is 0.00784 e. The van der Waals surface area contributed by atoms with E-state index in [1.165, 1.54) is 38.5 Å². The molecular weight excluding hydrogens is 164 g/mol. The molecule has 1 heterocycles. The zero-order chi connectivity index (χ0) is 8.39. The molecule has 0 aromatic carbocycles. The van der Waals surface area contributed by atoms with Crippen molar-refractivity contribution in [2.45, 2.75) is 62.4 Å². The van der Waals surface area contributed by atoms with E-state index in [9.17, 15) is 0 Å². The van der Waals surface area contributed by atoms with E-state index in [1.807, 2.05) is 0 Å². The molecule has 1 aliphatic heterocycles. The summed E-state index contributed by atoms with van der Waals surface area (Å²) in [7, 11) is 0. The highest BCUT2D eigenvalue weighted by molar-refractivity contribution is 8.00. The van der Waals surface area contributed by atoms with Crippen molar-refractivity contribution >= 4 is 11.8 Å². The van der Waals surface area contributed by atoms with Gasteiger partial charge in [0.1, 0.15) is 0 Å². The summed E-state index contributed by atoms with van der Waals surface area (Å²) in [6, 6.07) is 0. The number of rotatable bonds is 2. The van der Waals surface area contributed by atoms with E-state index in [0.29, 0.717) is 0 Å². The monoisotopic (exact) mass is 184 g/mol. The molecule has 2 aliphatic rings. The molecular formula is C11H20S. The summed E-state index contributed by atoms with van der Waals surface area (Å²) in [5, 5.41) is 2.09. The zero-order valence-corrected chi connectivity index (χ0v) is 8.91. The van der Waals surface area contributed by atoms with Gasteiger partial charge in [-0.15, -0.1) is 0 Å². The molecule has 12 heavy (non-hydrogen) atoms. The lowest BCUT2D eigenvalue weighted by molar-refractivity contribution is 0.451. The van der Waals surface area contributed by atoms with Crippen LogP contribution in [0.1, 0.15) is 51.9 Å². The van der Waals surface area contributed by atoms with Crippen LogP contribution in [0.5, 0.6) is 0 Å². The fourth-order valence-corrected chi connectivity index (χ4v) is 4.76. The summed E-state index contributed by atoms with van der Waals surface area (Å²) in [4.78, 5) is 0. The van der Waals surface area contributed by atoms with E-state index in [1.54, 1.807) is 6.42 Å². The number of hydrogen-bond donors (Lipinski definition) is 0. The molecule has 70 valence electrons. The Bertz CT molecular complexity index is 144. The lowest BCUT2D eigenvalue weighted by Crippen LogP contribution is -2.10. The van der Waals surface area contributed by atoms with Crippen LogP contribution < -0.4 is 0 Å². The van der Waals surface area contributed by atoms with Crippen LogP contribution in [0.4, 0.5) is 0 Å². The molecule has 0 N–H and O–H groups in total. The molecule has 0 radical (unpaired) electrons. The molecule has 0 aromatic rings. The first kappa shape index (κ1) is 8.93. The van der Waals surface area contributed by atoms with E-state index in [4.69, 9.17) is 0 Å². The standard InChI is InChI=1S/C11H20S/c1-2-5-11-9-6-3-4-7-10(8-9)12-11/h9-11H,2-8H2,1H3. The molecule has 2 rings (SSSR count). The summed E-state index contributed by atoms with van der Waals surface area (Å²) >= 11 is 2.32. The van der Waals surface area contributed by atoms with Crippen LogP contribution in [0.15, 0.2) is 0 Å². The third-order valence-corrected chi connectivity index (χ3v) is 5.17. The maximum atomic E-state index is 2.33. The topological polar surface area (TPSA) is 0 Å². The van der Waals surface area contributed by atoms with Gasteiger partial charge in [-0.2, -0.15) is 11.8 Å². The summed E-state index contributed by atoms with van der Waals surface area (Å²) in [5.74, 6) is 1.10. The van der Waals surface area contributed by atoms with Crippen molar-refractivity contribution in [2.24, 2.45) is 5.92 Å². The van der Waals surface area contributed by atoms with Crippen molar-refractivity contribution in [3.05, 3.63) is 0 Å². The lowest BCUT2D eigenvalue weighted by Gasteiger charge is -2.18. The Morgan fingerprint density at radius 3 is 2.92 bits per heavy atom. The van der Waals surface area contributed by atoms with Gasteiger partial charge in [0.15, 0.2) is 0 Å². The Morgan fingerprint density at radius 1 is 1.25 bits per heavy atom. The highest BCUT2D eigenvalue weighted by Gasteiger charge is 2.35. The van der Waals surface area contributed by atoms with Crippen LogP contribution in [0.2, 0.25) is 0 Å². The maximum absolute atomic E-state index is 2.33. The first-order chi connectivity index (χ1) is 5.90. The average Bonchev–Trinajstić information content (AvgIpc) is 2.30. The normalized spacial score (nSPS) is 41.2. The fourth-order valence-electron chi connectivity index (χ4n) is 2.76. The van der Waals surface area contributed by atoms with E-state index in [0.717, 1.165) is 16.4 Å². The zero-order valence-electron chi connectivity index (χ0n) is 8.09. The first-order valence-electron chi connectivity index (χ1n) is 5.55. The van der Waals surface area contributed by atoms with Crippen LogP contribution in [-0.4, -0.2) is 10.5 Å². The van der Waals surface area contributed by atoms with Gasteiger partial charge in [-0.05, 0) is 31.6 Å². The number of fused-ring (bicyclic) bond motifs is 2. The van der Waals surface area contributed by atoms with E-state index in [-0.39, 0.29) is 0 Å². The predicted molar refractivity (Wildman–Crippen MR) is 56.7 cm³/mol. The highest BCUT2D eigenvalue weighted by Crippen LogP contribution is 2.47. The van der Waals surface area contributed by atoms with Gasteiger partial charge in [0.05, 0.1) is 0 Å². The highest BCUT2D eigenvalue weighted by atomic mass is 32.2. The van der Waals surface area contributed by atoms with Crippen molar-refractivity contribution in [3.63, 3.8) is 0 Å². The Kier molecular flexibility index (Phi) is 3.00. The van der Waals surface area contributed by atoms with Crippen LogP contribution in [0.3, 0.4) is 0 Å². The third-order valence-electron chi connectivity index (χ3n) is 3.38. The number of thioether (sulfide) groups is 1. The van der Waals surface area contributed by atoms with Crippen LogP contribution in [0, 0.1) is 5.92 Å². The van der Waals surface area contributed by atoms with E-state index < -0.39 is 0 Å². The molecule has 1 saturated heterocycles. The average molecular weight is 184 g/mol. The Labute approximate surface area is 80.5 Å². The predicted octanol–water partition coefficient (Wildman–Crippen LogP) is 3.85. The van der Waals surface area contributed by atoms with Gasteiger partial charge in [-0.1, -0.05) is 26.2 Å². The molecule has 0 nitrogen and oxygen atoms in total. The van der Waals surface area contributed by atoms with Crippen molar-refractivity contribution in [1.29, 1.82) is 0 Å². The van der Waals surface area contributed by atoms with Gasteiger partial charge in [-0.25, -0.2) is 0 Å². The summed E-state index contributed by atoms with van der Waals surface area (Å²) in [6.45, 7) is 2.33.